The maximum absolute atomic E-state index is 2.39. The van der Waals surface area contributed by atoms with Gasteiger partial charge in [-0.1, -0.05) is 45.0 Å². The number of hydrogen-bond acceptors (Lipinski definition) is 1. The van der Waals surface area contributed by atoms with Crippen LogP contribution in [0.4, 0.5) is 0 Å². The van der Waals surface area contributed by atoms with Crippen molar-refractivity contribution in [2.75, 3.05) is 0 Å². The summed E-state index contributed by atoms with van der Waals surface area (Å²) in [6.07, 6.45) is 0. The predicted octanol–water partition coefficient (Wildman–Crippen LogP) is 5.81. The van der Waals surface area contributed by atoms with Crippen LogP contribution >= 0.6 is 11.3 Å². The smallest absolute Gasteiger partial charge is 0.0355 e. The van der Waals surface area contributed by atoms with Crippen LogP contribution in [-0.2, 0) is 0 Å². The van der Waals surface area contributed by atoms with Gasteiger partial charge < -0.3 is 0 Å². The monoisotopic (exact) mass is 254 g/mol. The van der Waals surface area contributed by atoms with E-state index in [4.69, 9.17) is 0 Å². The minimum absolute atomic E-state index is 0.619. The Hall–Kier alpha value is -1.34. The molecule has 2 aromatic carbocycles. The van der Waals surface area contributed by atoms with E-state index in [-0.39, 0.29) is 0 Å². The van der Waals surface area contributed by atoms with Crippen molar-refractivity contribution >= 4 is 31.5 Å². The van der Waals surface area contributed by atoms with E-state index in [0.717, 1.165) is 0 Å². The Morgan fingerprint density at radius 1 is 0.833 bits per heavy atom. The second-order valence-electron chi connectivity index (χ2n) is 5.39. The van der Waals surface area contributed by atoms with E-state index in [9.17, 15) is 0 Å². The van der Waals surface area contributed by atoms with Gasteiger partial charge in [0, 0.05) is 20.2 Å². The summed E-state index contributed by atoms with van der Waals surface area (Å²) in [6.45, 7) is 6.90. The highest BCUT2D eigenvalue weighted by Gasteiger charge is 2.12. The number of hydrogen-bond donors (Lipinski definition) is 0. The minimum Gasteiger partial charge on any atom is -0.135 e. The fourth-order valence-corrected chi connectivity index (χ4v) is 3.50. The van der Waals surface area contributed by atoms with Gasteiger partial charge in [0.15, 0.2) is 0 Å². The second kappa shape index (κ2) is 4.40. The highest BCUT2D eigenvalue weighted by Crippen LogP contribution is 2.36. The average molecular weight is 254 g/mol. The molecule has 1 heterocycles. The summed E-state index contributed by atoms with van der Waals surface area (Å²) in [4.78, 5) is 0. The first-order valence-electron chi connectivity index (χ1n) is 6.58. The minimum atomic E-state index is 0.619. The zero-order valence-corrected chi connectivity index (χ0v) is 11.9. The molecule has 1 aromatic heterocycles. The zero-order chi connectivity index (χ0) is 12.7. The normalized spacial score (nSPS) is 13.6. The lowest BCUT2D eigenvalue weighted by atomic mass is 9.89. The Bertz CT molecular complexity index is 691. The van der Waals surface area contributed by atoms with Gasteiger partial charge in [-0.15, -0.1) is 11.3 Å². The van der Waals surface area contributed by atoms with Crippen LogP contribution in [-0.4, -0.2) is 0 Å². The van der Waals surface area contributed by atoms with Crippen LogP contribution in [0.5, 0.6) is 0 Å². The molecule has 3 aromatic rings. The van der Waals surface area contributed by atoms with Gasteiger partial charge in [-0.25, -0.2) is 0 Å². The molecule has 92 valence electrons. The Morgan fingerprint density at radius 2 is 1.56 bits per heavy atom. The van der Waals surface area contributed by atoms with Crippen molar-refractivity contribution in [3.8, 4) is 0 Å². The molecule has 0 N–H and O–H groups in total. The van der Waals surface area contributed by atoms with E-state index in [1.807, 2.05) is 11.3 Å². The van der Waals surface area contributed by atoms with Gasteiger partial charge in [-0.05, 0) is 35.6 Å². The quantitative estimate of drug-likeness (QED) is 0.541. The summed E-state index contributed by atoms with van der Waals surface area (Å²) in [7, 11) is 0. The van der Waals surface area contributed by atoms with Crippen LogP contribution in [0.1, 0.15) is 32.3 Å². The largest absolute Gasteiger partial charge is 0.135 e. The molecule has 1 heteroatoms. The summed E-state index contributed by atoms with van der Waals surface area (Å²) in [6, 6.07) is 15.7. The third-order valence-corrected chi connectivity index (χ3v) is 5.08. The fourth-order valence-electron chi connectivity index (χ4n) is 2.41. The van der Waals surface area contributed by atoms with Crippen molar-refractivity contribution < 1.29 is 0 Å². The first-order chi connectivity index (χ1) is 8.66. The third-order valence-electron chi connectivity index (χ3n) is 3.93. The Balaban J connectivity index is 2.24. The van der Waals surface area contributed by atoms with Crippen molar-refractivity contribution in [1.82, 2.24) is 0 Å². The molecule has 0 radical (unpaired) electrons. The van der Waals surface area contributed by atoms with Gasteiger partial charge in [0.1, 0.15) is 0 Å². The van der Waals surface area contributed by atoms with Crippen LogP contribution in [0.2, 0.25) is 0 Å². The molecule has 0 amide bonds. The zero-order valence-electron chi connectivity index (χ0n) is 11.1. The number of fused-ring (bicyclic) bond motifs is 3. The molecule has 0 spiro atoms. The summed E-state index contributed by atoms with van der Waals surface area (Å²) in [5.74, 6) is 1.31. The summed E-state index contributed by atoms with van der Waals surface area (Å²) >= 11 is 1.89. The Morgan fingerprint density at radius 3 is 2.33 bits per heavy atom. The van der Waals surface area contributed by atoms with Gasteiger partial charge >= 0.3 is 0 Å². The molecule has 0 saturated heterocycles. The lowest BCUT2D eigenvalue weighted by molar-refractivity contribution is 0.535. The topological polar surface area (TPSA) is 0 Å². The lowest BCUT2D eigenvalue weighted by Crippen LogP contribution is -2.01. The second-order valence-corrected chi connectivity index (χ2v) is 6.47. The van der Waals surface area contributed by atoms with Crippen molar-refractivity contribution in [2.45, 2.75) is 26.7 Å². The van der Waals surface area contributed by atoms with Crippen molar-refractivity contribution in [1.29, 1.82) is 0 Å². The van der Waals surface area contributed by atoms with E-state index >= 15 is 0 Å². The molecule has 0 nitrogen and oxygen atoms in total. The van der Waals surface area contributed by atoms with Crippen LogP contribution in [0, 0.1) is 5.92 Å². The van der Waals surface area contributed by atoms with Gasteiger partial charge in [0.25, 0.3) is 0 Å². The van der Waals surface area contributed by atoms with Crippen LogP contribution in [0.25, 0.3) is 20.2 Å². The van der Waals surface area contributed by atoms with Gasteiger partial charge in [0.2, 0.25) is 0 Å². The van der Waals surface area contributed by atoms with E-state index in [2.05, 4.69) is 63.2 Å². The lowest BCUT2D eigenvalue weighted by Gasteiger charge is -2.15. The molecular formula is C17H18S. The molecule has 1 atom stereocenters. The number of rotatable bonds is 2. The maximum atomic E-state index is 2.39. The molecule has 0 fully saturated rings. The van der Waals surface area contributed by atoms with Crippen LogP contribution < -0.4 is 0 Å². The SMILES string of the molecule is CC(C)C(C)c1ccc2sc3ccccc3c2c1. The van der Waals surface area contributed by atoms with E-state index in [0.29, 0.717) is 11.8 Å². The predicted molar refractivity (Wildman–Crippen MR) is 82.6 cm³/mol. The molecule has 18 heavy (non-hydrogen) atoms. The number of benzene rings is 2. The highest BCUT2D eigenvalue weighted by atomic mass is 32.1. The van der Waals surface area contributed by atoms with Crippen molar-refractivity contribution in [3.63, 3.8) is 0 Å². The molecule has 0 aliphatic heterocycles. The van der Waals surface area contributed by atoms with Gasteiger partial charge in [0.05, 0.1) is 0 Å². The molecular weight excluding hydrogens is 236 g/mol. The Labute approximate surface area is 112 Å². The summed E-state index contributed by atoms with van der Waals surface area (Å²) in [5, 5.41) is 2.82. The molecule has 0 aliphatic carbocycles. The standard InChI is InChI=1S/C17H18S/c1-11(2)12(3)13-8-9-17-15(10-13)14-6-4-5-7-16(14)18-17/h4-12H,1-3H3. The first kappa shape index (κ1) is 11.7. The molecule has 1 unspecified atom stereocenters. The number of thiophene rings is 1. The van der Waals surface area contributed by atoms with Crippen molar-refractivity contribution in [3.05, 3.63) is 48.0 Å². The van der Waals surface area contributed by atoms with Crippen LogP contribution in [0.3, 0.4) is 0 Å². The summed E-state index contributed by atoms with van der Waals surface area (Å²) < 4.78 is 2.79. The maximum Gasteiger partial charge on any atom is 0.0355 e. The van der Waals surface area contributed by atoms with Crippen molar-refractivity contribution in [2.24, 2.45) is 5.92 Å². The van der Waals surface area contributed by atoms with Gasteiger partial charge in [-0.3, -0.25) is 0 Å². The first-order valence-corrected chi connectivity index (χ1v) is 7.39. The van der Waals surface area contributed by atoms with E-state index < -0.39 is 0 Å². The summed E-state index contributed by atoms with van der Waals surface area (Å²) in [5.41, 5.74) is 1.46. The molecule has 0 saturated carbocycles. The van der Waals surface area contributed by atoms with E-state index in [1.54, 1.807) is 0 Å². The molecule has 0 aliphatic rings. The third kappa shape index (κ3) is 1.83. The van der Waals surface area contributed by atoms with Gasteiger partial charge in [-0.2, -0.15) is 0 Å². The van der Waals surface area contributed by atoms with Crippen LogP contribution in [0.15, 0.2) is 42.5 Å². The Kier molecular flexibility index (Phi) is 2.87. The van der Waals surface area contributed by atoms with E-state index in [1.165, 1.54) is 25.7 Å². The highest BCUT2D eigenvalue weighted by molar-refractivity contribution is 7.25. The molecule has 3 rings (SSSR count). The average Bonchev–Trinajstić information content (AvgIpc) is 2.75. The fraction of sp³-hybridized carbons (Fsp3) is 0.294. The molecule has 0 bridgehead atoms.